The molecule has 0 fully saturated rings. The van der Waals surface area contributed by atoms with Gasteiger partial charge in [0, 0.05) is 0 Å². The summed E-state index contributed by atoms with van der Waals surface area (Å²) in [5.41, 5.74) is 1.25. The van der Waals surface area contributed by atoms with Gasteiger partial charge in [-0.1, -0.05) is 95.0 Å². The molecule has 0 radical (unpaired) electrons. The highest BCUT2D eigenvalue weighted by Crippen LogP contribution is 2.13. The standard InChI is InChI=1S/C19H32O.ClH/c1-2-3-4-5-6-7-8-9-13-16-19(20)17-18-14-11-10-12-15-18;/h10-12,14-15,19-20H,2-9,13,16-17H2,1H3;1H. The van der Waals surface area contributed by atoms with Crippen molar-refractivity contribution in [2.24, 2.45) is 0 Å². The van der Waals surface area contributed by atoms with E-state index in [0.717, 1.165) is 12.8 Å². The summed E-state index contributed by atoms with van der Waals surface area (Å²) >= 11 is 0. The van der Waals surface area contributed by atoms with E-state index >= 15 is 0 Å². The Morgan fingerprint density at radius 3 is 1.90 bits per heavy atom. The third kappa shape index (κ3) is 11.8. The molecular weight excluding hydrogens is 280 g/mol. The highest BCUT2D eigenvalue weighted by molar-refractivity contribution is 5.85. The molecule has 122 valence electrons. The third-order valence-electron chi connectivity index (χ3n) is 3.96. The molecule has 1 atom stereocenters. The van der Waals surface area contributed by atoms with Crippen molar-refractivity contribution in [1.29, 1.82) is 0 Å². The van der Waals surface area contributed by atoms with Crippen molar-refractivity contribution in [3.05, 3.63) is 35.9 Å². The van der Waals surface area contributed by atoms with Crippen LogP contribution in [0.1, 0.15) is 76.7 Å². The molecule has 0 aliphatic carbocycles. The van der Waals surface area contributed by atoms with Crippen LogP contribution in [0.25, 0.3) is 0 Å². The number of hydrogen-bond donors (Lipinski definition) is 1. The summed E-state index contributed by atoms with van der Waals surface area (Å²) in [7, 11) is 0. The summed E-state index contributed by atoms with van der Waals surface area (Å²) in [6.07, 6.45) is 13.7. The van der Waals surface area contributed by atoms with Crippen LogP contribution in [0.5, 0.6) is 0 Å². The molecule has 1 aromatic carbocycles. The first-order valence-corrected chi connectivity index (χ1v) is 8.55. The molecule has 0 amide bonds. The monoisotopic (exact) mass is 312 g/mol. The maximum atomic E-state index is 10.0. The first-order valence-electron chi connectivity index (χ1n) is 8.55. The van der Waals surface area contributed by atoms with Gasteiger partial charge in [-0.15, -0.1) is 12.4 Å². The normalized spacial score (nSPS) is 11.9. The lowest BCUT2D eigenvalue weighted by Gasteiger charge is -2.10. The van der Waals surface area contributed by atoms with Crippen LogP contribution in [-0.2, 0) is 6.42 Å². The number of hydrogen-bond acceptors (Lipinski definition) is 1. The summed E-state index contributed by atoms with van der Waals surface area (Å²) in [4.78, 5) is 0. The molecule has 0 saturated carbocycles. The summed E-state index contributed by atoms with van der Waals surface area (Å²) in [5, 5.41) is 10.0. The Morgan fingerprint density at radius 2 is 1.33 bits per heavy atom. The largest absolute Gasteiger partial charge is 0.393 e. The van der Waals surface area contributed by atoms with E-state index in [2.05, 4.69) is 19.1 Å². The van der Waals surface area contributed by atoms with Gasteiger partial charge in [0.25, 0.3) is 0 Å². The molecule has 2 heteroatoms. The van der Waals surface area contributed by atoms with Gasteiger partial charge in [-0.3, -0.25) is 0 Å². The van der Waals surface area contributed by atoms with E-state index in [1.807, 2.05) is 18.2 Å². The lowest BCUT2D eigenvalue weighted by atomic mass is 10.0. The van der Waals surface area contributed by atoms with Gasteiger partial charge in [0.1, 0.15) is 0 Å². The Morgan fingerprint density at radius 1 is 0.810 bits per heavy atom. The first kappa shape index (κ1) is 20.5. The maximum absolute atomic E-state index is 10.0. The molecule has 21 heavy (non-hydrogen) atoms. The fourth-order valence-corrected chi connectivity index (χ4v) is 2.68. The molecule has 0 aliphatic heterocycles. The van der Waals surface area contributed by atoms with Crippen LogP contribution in [0.4, 0.5) is 0 Å². The van der Waals surface area contributed by atoms with E-state index < -0.39 is 0 Å². The van der Waals surface area contributed by atoms with Crippen LogP contribution in [0.3, 0.4) is 0 Å². The Labute approximate surface area is 137 Å². The average molecular weight is 313 g/mol. The minimum absolute atomic E-state index is 0. The smallest absolute Gasteiger partial charge is 0.0580 e. The topological polar surface area (TPSA) is 20.2 Å². The van der Waals surface area contributed by atoms with Crippen molar-refractivity contribution in [3.63, 3.8) is 0 Å². The van der Waals surface area contributed by atoms with E-state index in [-0.39, 0.29) is 18.5 Å². The second kappa shape index (κ2) is 14.4. The van der Waals surface area contributed by atoms with Crippen LogP contribution in [0.15, 0.2) is 30.3 Å². The summed E-state index contributed by atoms with van der Waals surface area (Å²) in [6.45, 7) is 2.26. The second-order valence-corrected chi connectivity index (χ2v) is 5.96. The van der Waals surface area contributed by atoms with Gasteiger partial charge in [-0.2, -0.15) is 0 Å². The molecular formula is C19H33ClO. The summed E-state index contributed by atoms with van der Waals surface area (Å²) in [5.74, 6) is 0. The SMILES string of the molecule is CCCCCCCCCCCC(O)Cc1ccccc1.Cl. The number of aliphatic hydroxyl groups is 1. The van der Waals surface area contributed by atoms with Gasteiger partial charge >= 0.3 is 0 Å². The van der Waals surface area contributed by atoms with Gasteiger partial charge in [0.15, 0.2) is 0 Å². The summed E-state index contributed by atoms with van der Waals surface area (Å²) in [6, 6.07) is 10.3. The highest BCUT2D eigenvalue weighted by Gasteiger charge is 2.04. The van der Waals surface area contributed by atoms with Gasteiger partial charge in [0.2, 0.25) is 0 Å². The first-order chi connectivity index (χ1) is 9.83. The highest BCUT2D eigenvalue weighted by atomic mass is 35.5. The van der Waals surface area contributed by atoms with Gasteiger partial charge in [-0.25, -0.2) is 0 Å². The van der Waals surface area contributed by atoms with Gasteiger partial charge in [0.05, 0.1) is 6.10 Å². The van der Waals surface area contributed by atoms with E-state index in [1.54, 1.807) is 0 Å². The van der Waals surface area contributed by atoms with Crippen LogP contribution in [0, 0.1) is 0 Å². The van der Waals surface area contributed by atoms with Crippen LogP contribution in [0.2, 0.25) is 0 Å². The Kier molecular flexibility index (Phi) is 14.0. The quantitative estimate of drug-likeness (QED) is 0.474. The Hall–Kier alpha value is -0.530. The lowest BCUT2D eigenvalue weighted by molar-refractivity contribution is 0.161. The van der Waals surface area contributed by atoms with Crippen molar-refractivity contribution in [2.45, 2.75) is 83.7 Å². The summed E-state index contributed by atoms with van der Waals surface area (Å²) < 4.78 is 0. The van der Waals surface area contributed by atoms with E-state index in [9.17, 15) is 5.11 Å². The van der Waals surface area contributed by atoms with Crippen molar-refractivity contribution in [2.75, 3.05) is 0 Å². The van der Waals surface area contributed by atoms with Crippen molar-refractivity contribution >= 4 is 12.4 Å². The maximum Gasteiger partial charge on any atom is 0.0580 e. The van der Waals surface area contributed by atoms with Gasteiger partial charge < -0.3 is 5.11 Å². The molecule has 1 aromatic rings. The zero-order valence-electron chi connectivity index (χ0n) is 13.6. The fourth-order valence-electron chi connectivity index (χ4n) is 2.68. The minimum Gasteiger partial charge on any atom is -0.393 e. The molecule has 0 bridgehead atoms. The van der Waals surface area contributed by atoms with Crippen LogP contribution in [-0.4, -0.2) is 11.2 Å². The third-order valence-corrected chi connectivity index (χ3v) is 3.96. The van der Waals surface area contributed by atoms with E-state index in [0.29, 0.717) is 0 Å². The Balaban J connectivity index is 0.00000400. The Bertz CT molecular complexity index is 313. The number of benzene rings is 1. The van der Waals surface area contributed by atoms with Crippen LogP contribution < -0.4 is 0 Å². The number of unbranched alkanes of at least 4 members (excludes halogenated alkanes) is 8. The van der Waals surface area contributed by atoms with Crippen molar-refractivity contribution in [1.82, 2.24) is 0 Å². The zero-order valence-corrected chi connectivity index (χ0v) is 14.4. The van der Waals surface area contributed by atoms with Gasteiger partial charge in [-0.05, 0) is 18.4 Å². The molecule has 1 N–H and O–H groups in total. The minimum atomic E-state index is -0.165. The van der Waals surface area contributed by atoms with E-state index in [1.165, 1.54) is 63.4 Å². The van der Waals surface area contributed by atoms with Crippen molar-refractivity contribution < 1.29 is 5.11 Å². The number of aliphatic hydroxyl groups excluding tert-OH is 1. The molecule has 0 heterocycles. The fraction of sp³-hybridized carbons (Fsp3) is 0.684. The van der Waals surface area contributed by atoms with Crippen molar-refractivity contribution in [3.8, 4) is 0 Å². The molecule has 1 nitrogen and oxygen atoms in total. The second-order valence-electron chi connectivity index (χ2n) is 5.96. The molecule has 0 aliphatic rings. The zero-order chi connectivity index (χ0) is 14.5. The molecule has 1 rings (SSSR count). The lowest BCUT2D eigenvalue weighted by Crippen LogP contribution is -2.10. The molecule has 0 saturated heterocycles. The molecule has 1 unspecified atom stereocenters. The predicted octanol–water partition coefficient (Wildman–Crippen LogP) is 5.93. The van der Waals surface area contributed by atoms with Crippen LogP contribution >= 0.6 is 12.4 Å². The average Bonchev–Trinajstić information content (AvgIpc) is 2.46. The number of rotatable bonds is 12. The molecule has 0 aromatic heterocycles. The number of halogens is 1. The molecule has 0 spiro atoms. The van der Waals surface area contributed by atoms with E-state index in [4.69, 9.17) is 0 Å². The predicted molar refractivity (Wildman–Crippen MR) is 95.2 cm³/mol.